The van der Waals surface area contributed by atoms with Gasteiger partial charge in [-0.05, 0) is 17.0 Å². The Bertz CT molecular complexity index is 466. The minimum absolute atomic E-state index is 0.507. The van der Waals surface area contributed by atoms with Crippen molar-refractivity contribution < 1.29 is 4.74 Å². The summed E-state index contributed by atoms with van der Waals surface area (Å²) >= 11 is 7.45. The molecule has 2 N–H and O–H groups in total. The summed E-state index contributed by atoms with van der Waals surface area (Å²) in [5.41, 5.74) is 7.58. The Kier molecular flexibility index (Phi) is 2.52. The fraction of sp³-hybridized carbons (Fsp3) is 0.200. The van der Waals surface area contributed by atoms with E-state index in [1.165, 1.54) is 0 Å². The zero-order chi connectivity index (χ0) is 10.1. The van der Waals surface area contributed by atoms with Gasteiger partial charge in [0, 0.05) is 23.0 Å². The second-order valence-corrected chi connectivity index (χ2v) is 4.14. The number of nitrogen functional groups attached to an aromatic ring is 1. The third-order valence-corrected chi connectivity index (χ3v) is 3.45. The number of hydrogen-bond donors (Lipinski definition) is 1. The zero-order valence-corrected chi connectivity index (χ0v) is 9.28. The van der Waals surface area contributed by atoms with Crippen molar-refractivity contribution in [1.29, 1.82) is 0 Å². The molecule has 1 heterocycles. The van der Waals surface area contributed by atoms with E-state index in [0.29, 0.717) is 11.6 Å². The van der Waals surface area contributed by atoms with E-state index in [0.717, 1.165) is 21.4 Å². The van der Waals surface area contributed by atoms with Crippen LogP contribution in [0.2, 0.25) is 0 Å². The van der Waals surface area contributed by atoms with Gasteiger partial charge in [-0.2, -0.15) is 0 Å². The van der Waals surface area contributed by atoms with Crippen molar-refractivity contribution in [3.8, 4) is 5.75 Å². The molecular formula is C10H10ClNOS. The number of fused-ring (bicyclic) bond motifs is 1. The van der Waals surface area contributed by atoms with E-state index in [-0.39, 0.29) is 0 Å². The van der Waals surface area contributed by atoms with Gasteiger partial charge in [0.15, 0.2) is 0 Å². The van der Waals surface area contributed by atoms with E-state index in [9.17, 15) is 0 Å². The molecule has 1 aromatic carbocycles. The van der Waals surface area contributed by atoms with E-state index < -0.39 is 0 Å². The lowest BCUT2D eigenvalue weighted by atomic mass is 10.1. The number of anilines is 1. The summed E-state index contributed by atoms with van der Waals surface area (Å²) in [4.78, 5) is 0. The largest absolute Gasteiger partial charge is 0.495 e. The number of rotatable bonds is 2. The monoisotopic (exact) mass is 227 g/mol. The fourth-order valence-electron chi connectivity index (χ4n) is 1.43. The molecule has 0 amide bonds. The highest BCUT2D eigenvalue weighted by molar-refractivity contribution is 7.17. The van der Waals surface area contributed by atoms with Crippen molar-refractivity contribution in [1.82, 2.24) is 0 Å². The number of ether oxygens (including phenoxy) is 1. The van der Waals surface area contributed by atoms with Crippen molar-refractivity contribution in [2.75, 3.05) is 12.8 Å². The van der Waals surface area contributed by atoms with Gasteiger partial charge in [-0.25, -0.2) is 0 Å². The molecular weight excluding hydrogens is 218 g/mol. The minimum Gasteiger partial charge on any atom is -0.495 e. The molecule has 0 spiro atoms. The first-order valence-electron chi connectivity index (χ1n) is 4.16. The van der Waals surface area contributed by atoms with Gasteiger partial charge in [-0.15, -0.1) is 22.9 Å². The first-order chi connectivity index (χ1) is 6.76. The molecule has 1 aromatic heterocycles. The Morgan fingerprint density at radius 2 is 2.29 bits per heavy atom. The van der Waals surface area contributed by atoms with Crippen molar-refractivity contribution in [3.05, 3.63) is 23.1 Å². The number of methoxy groups -OCH3 is 1. The zero-order valence-electron chi connectivity index (χ0n) is 7.71. The summed E-state index contributed by atoms with van der Waals surface area (Å²) < 4.78 is 6.36. The van der Waals surface area contributed by atoms with Crippen LogP contribution in [0.4, 0.5) is 5.69 Å². The first kappa shape index (κ1) is 9.62. The van der Waals surface area contributed by atoms with Crippen LogP contribution in [0.25, 0.3) is 10.1 Å². The topological polar surface area (TPSA) is 35.2 Å². The molecule has 0 atom stereocenters. The van der Waals surface area contributed by atoms with Gasteiger partial charge in [-0.1, -0.05) is 0 Å². The first-order valence-corrected chi connectivity index (χ1v) is 5.57. The standard InChI is InChI=1S/C10H10ClNOS/c1-13-9-3-7(12)2-8-6(4-11)5-14-10(8)9/h2-3,5H,4,12H2,1H3. The summed E-state index contributed by atoms with van der Waals surface area (Å²) in [5.74, 6) is 1.33. The molecule has 14 heavy (non-hydrogen) atoms. The molecule has 0 saturated carbocycles. The predicted octanol–water partition coefficient (Wildman–Crippen LogP) is 3.23. The van der Waals surface area contributed by atoms with Gasteiger partial charge in [0.25, 0.3) is 0 Å². The van der Waals surface area contributed by atoms with Gasteiger partial charge in [0.2, 0.25) is 0 Å². The van der Waals surface area contributed by atoms with E-state index in [1.807, 2.05) is 17.5 Å². The smallest absolute Gasteiger partial charge is 0.138 e. The van der Waals surface area contributed by atoms with Crippen LogP contribution in [0.5, 0.6) is 5.75 Å². The van der Waals surface area contributed by atoms with E-state index in [4.69, 9.17) is 22.1 Å². The van der Waals surface area contributed by atoms with Gasteiger partial charge < -0.3 is 10.5 Å². The molecule has 74 valence electrons. The molecule has 0 radical (unpaired) electrons. The maximum absolute atomic E-state index is 5.82. The Balaban J connectivity index is 2.76. The number of benzene rings is 1. The van der Waals surface area contributed by atoms with Gasteiger partial charge >= 0.3 is 0 Å². The minimum atomic E-state index is 0.507. The van der Waals surface area contributed by atoms with Crippen LogP contribution in [0.1, 0.15) is 5.56 Å². The lowest BCUT2D eigenvalue weighted by Crippen LogP contribution is -1.88. The normalized spacial score (nSPS) is 10.7. The maximum Gasteiger partial charge on any atom is 0.138 e. The molecule has 0 fully saturated rings. The summed E-state index contributed by atoms with van der Waals surface area (Å²) in [6.45, 7) is 0. The maximum atomic E-state index is 5.82. The number of halogens is 1. The second-order valence-electron chi connectivity index (χ2n) is 2.99. The van der Waals surface area contributed by atoms with Crippen molar-refractivity contribution >= 4 is 38.7 Å². The van der Waals surface area contributed by atoms with Crippen molar-refractivity contribution in [2.24, 2.45) is 0 Å². The number of hydrogen-bond acceptors (Lipinski definition) is 3. The van der Waals surface area contributed by atoms with Gasteiger partial charge in [0.1, 0.15) is 5.75 Å². The lowest BCUT2D eigenvalue weighted by Gasteiger charge is -2.03. The molecule has 0 saturated heterocycles. The molecule has 0 unspecified atom stereocenters. The second kappa shape index (κ2) is 3.67. The van der Waals surface area contributed by atoms with Crippen LogP contribution in [0.3, 0.4) is 0 Å². The van der Waals surface area contributed by atoms with Crippen LogP contribution in [0.15, 0.2) is 17.5 Å². The van der Waals surface area contributed by atoms with Crippen LogP contribution < -0.4 is 10.5 Å². The van der Waals surface area contributed by atoms with Crippen LogP contribution in [-0.2, 0) is 5.88 Å². The Morgan fingerprint density at radius 3 is 2.93 bits per heavy atom. The Labute approximate surface area is 91.2 Å². The molecule has 0 bridgehead atoms. The third kappa shape index (κ3) is 1.42. The van der Waals surface area contributed by atoms with Gasteiger partial charge in [-0.3, -0.25) is 0 Å². The van der Waals surface area contributed by atoms with E-state index in [1.54, 1.807) is 18.4 Å². The van der Waals surface area contributed by atoms with E-state index >= 15 is 0 Å². The molecule has 2 rings (SSSR count). The number of nitrogens with two attached hydrogens (primary N) is 1. The summed E-state index contributed by atoms with van der Waals surface area (Å²) in [5, 5.41) is 3.14. The van der Waals surface area contributed by atoms with Crippen molar-refractivity contribution in [3.63, 3.8) is 0 Å². The van der Waals surface area contributed by atoms with Crippen LogP contribution in [0, 0.1) is 0 Å². The Morgan fingerprint density at radius 1 is 1.50 bits per heavy atom. The molecule has 4 heteroatoms. The molecule has 2 aromatic rings. The molecule has 0 aliphatic rings. The third-order valence-electron chi connectivity index (χ3n) is 2.11. The SMILES string of the molecule is COc1cc(N)cc2c(CCl)csc12. The highest BCUT2D eigenvalue weighted by Gasteiger charge is 2.08. The molecule has 2 nitrogen and oxygen atoms in total. The average Bonchev–Trinajstić information content (AvgIpc) is 2.59. The quantitative estimate of drug-likeness (QED) is 0.632. The van der Waals surface area contributed by atoms with Gasteiger partial charge in [0.05, 0.1) is 11.8 Å². The summed E-state index contributed by atoms with van der Waals surface area (Å²) in [6, 6.07) is 3.77. The number of alkyl halides is 1. The van der Waals surface area contributed by atoms with Crippen LogP contribution >= 0.6 is 22.9 Å². The molecule has 0 aliphatic heterocycles. The van der Waals surface area contributed by atoms with Crippen molar-refractivity contribution in [2.45, 2.75) is 5.88 Å². The highest BCUT2D eigenvalue weighted by Crippen LogP contribution is 2.36. The van der Waals surface area contributed by atoms with E-state index in [2.05, 4.69) is 0 Å². The molecule has 0 aliphatic carbocycles. The highest BCUT2D eigenvalue weighted by atomic mass is 35.5. The summed E-state index contributed by atoms with van der Waals surface area (Å²) in [7, 11) is 1.65. The summed E-state index contributed by atoms with van der Waals surface area (Å²) in [6.07, 6.45) is 0. The number of thiophene rings is 1. The Hall–Kier alpha value is -0.930. The fourth-order valence-corrected chi connectivity index (χ4v) is 2.79. The lowest BCUT2D eigenvalue weighted by molar-refractivity contribution is 0.420. The predicted molar refractivity (Wildman–Crippen MR) is 62.3 cm³/mol. The average molecular weight is 228 g/mol. The van der Waals surface area contributed by atoms with Crippen LogP contribution in [-0.4, -0.2) is 7.11 Å².